The van der Waals surface area contributed by atoms with Crippen LogP contribution in [0, 0.1) is 0 Å². The van der Waals surface area contributed by atoms with Gasteiger partial charge >= 0.3 is 0 Å². The van der Waals surface area contributed by atoms with Crippen LogP contribution in [0.3, 0.4) is 0 Å². The van der Waals surface area contributed by atoms with E-state index < -0.39 is 0 Å². The van der Waals surface area contributed by atoms with Gasteiger partial charge in [0.2, 0.25) is 5.91 Å². The SMILES string of the molecule is CCN(CC)C(=O)CSc1ccc(N)cn1. The number of anilines is 1. The van der Waals surface area contributed by atoms with Crippen molar-refractivity contribution < 1.29 is 4.79 Å². The molecule has 0 atom stereocenters. The largest absolute Gasteiger partial charge is 0.397 e. The molecule has 16 heavy (non-hydrogen) atoms. The van der Waals surface area contributed by atoms with Gasteiger partial charge in [0.05, 0.1) is 22.7 Å². The lowest BCUT2D eigenvalue weighted by Crippen LogP contribution is -2.31. The predicted octanol–water partition coefficient (Wildman–Crippen LogP) is 1.62. The first kappa shape index (κ1) is 12.8. The lowest BCUT2D eigenvalue weighted by Gasteiger charge is -2.17. The molecule has 88 valence electrons. The standard InChI is InChI=1S/C11H17N3OS/c1-3-14(4-2)11(15)8-16-10-6-5-9(12)7-13-10/h5-7H,3-4,8,12H2,1-2H3. The fraction of sp³-hybridized carbons (Fsp3) is 0.455. The third-order valence-electron chi connectivity index (χ3n) is 2.22. The highest BCUT2D eigenvalue weighted by molar-refractivity contribution is 7.99. The Labute approximate surface area is 100 Å². The zero-order valence-corrected chi connectivity index (χ0v) is 10.5. The number of amides is 1. The van der Waals surface area contributed by atoms with Gasteiger partial charge in [-0.2, -0.15) is 0 Å². The molecule has 1 rings (SSSR count). The molecule has 0 spiro atoms. The highest BCUT2D eigenvalue weighted by atomic mass is 32.2. The van der Waals surface area contributed by atoms with Crippen LogP contribution in [0.15, 0.2) is 23.4 Å². The first-order valence-corrected chi connectivity index (χ1v) is 6.28. The third-order valence-corrected chi connectivity index (χ3v) is 3.15. The van der Waals surface area contributed by atoms with Crippen molar-refractivity contribution >= 4 is 23.4 Å². The summed E-state index contributed by atoms with van der Waals surface area (Å²) < 4.78 is 0. The van der Waals surface area contributed by atoms with Gasteiger partial charge in [-0.05, 0) is 26.0 Å². The van der Waals surface area contributed by atoms with Gasteiger partial charge in [0.25, 0.3) is 0 Å². The molecule has 0 unspecified atom stereocenters. The van der Waals surface area contributed by atoms with Crippen molar-refractivity contribution in [3.05, 3.63) is 18.3 Å². The number of pyridine rings is 1. The van der Waals surface area contributed by atoms with Gasteiger partial charge in [-0.25, -0.2) is 4.98 Å². The molecule has 5 heteroatoms. The summed E-state index contributed by atoms with van der Waals surface area (Å²) >= 11 is 1.44. The topological polar surface area (TPSA) is 59.2 Å². The number of carbonyl (C=O) groups is 1. The normalized spacial score (nSPS) is 10.1. The number of hydrogen-bond acceptors (Lipinski definition) is 4. The summed E-state index contributed by atoms with van der Waals surface area (Å²) in [5, 5.41) is 0.828. The molecule has 1 aromatic heterocycles. The van der Waals surface area contributed by atoms with Gasteiger partial charge in [-0.3, -0.25) is 4.79 Å². The lowest BCUT2D eigenvalue weighted by atomic mass is 10.4. The zero-order valence-electron chi connectivity index (χ0n) is 9.64. The van der Waals surface area contributed by atoms with Crippen LogP contribution in [0.5, 0.6) is 0 Å². The van der Waals surface area contributed by atoms with E-state index >= 15 is 0 Å². The molecule has 1 aromatic rings. The first-order chi connectivity index (χ1) is 7.67. The average molecular weight is 239 g/mol. The van der Waals surface area contributed by atoms with Crippen LogP contribution in [0.2, 0.25) is 0 Å². The van der Waals surface area contributed by atoms with Crippen LogP contribution in [-0.2, 0) is 4.79 Å². The summed E-state index contributed by atoms with van der Waals surface area (Å²) in [6.07, 6.45) is 1.60. The van der Waals surface area contributed by atoms with Crippen LogP contribution >= 0.6 is 11.8 Å². The number of nitrogen functional groups attached to an aromatic ring is 1. The monoisotopic (exact) mass is 239 g/mol. The Balaban J connectivity index is 2.45. The molecule has 4 nitrogen and oxygen atoms in total. The van der Waals surface area contributed by atoms with Gasteiger partial charge in [0.15, 0.2) is 0 Å². The van der Waals surface area contributed by atoms with Crippen molar-refractivity contribution in [2.24, 2.45) is 0 Å². The fourth-order valence-electron chi connectivity index (χ4n) is 1.28. The van der Waals surface area contributed by atoms with Crippen LogP contribution in [0.4, 0.5) is 5.69 Å². The lowest BCUT2D eigenvalue weighted by molar-refractivity contribution is -0.127. The molecule has 0 aliphatic heterocycles. The number of carbonyl (C=O) groups excluding carboxylic acids is 1. The van der Waals surface area contributed by atoms with E-state index in [4.69, 9.17) is 5.73 Å². The van der Waals surface area contributed by atoms with E-state index in [9.17, 15) is 4.79 Å². The minimum Gasteiger partial charge on any atom is -0.397 e. The molecule has 0 radical (unpaired) electrons. The molecule has 0 saturated carbocycles. The number of hydrogen-bond donors (Lipinski definition) is 1. The molecule has 0 aliphatic rings. The smallest absolute Gasteiger partial charge is 0.232 e. The molecule has 0 saturated heterocycles. The van der Waals surface area contributed by atoms with Crippen molar-refractivity contribution in [2.45, 2.75) is 18.9 Å². The van der Waals surface area contributed by atoms with Gasteiger partial charge < -0.3 is 10.6 Å². The Bertz CT molecular complexity index is 336. The number of rotatable bonds is 5. The molecule has 0 aliphatic carbocycles. The maximum atomic E-state index is 11.7. The Kier molecular flexibility index (Phi) is 5.11. The van der Waals surface area contributed by atoms with E-state index in [0.717, 1.165) is 18.1 Å². The Morgan fingerprint density at radius 3 is 2.62 bits per heavy atom. The number of thioether (sulfide) groups is 1. The van der Waals surface area contributed by atoms with E-state index in [1.807, 2.05) is 24.8 Å². The summed E-state index contributed by atoms with van der Waals surface area (Å²) in [4.78, 5) is 17.6. The van der Waals surface area contributed by atoms with Crippen molar-refractivity contribution in [1.29, 1.82) is 0 Å². The summed E-state index contributed by atoms with van der Waals surface area (Å²) in [5.74, 6) is 0.576. The Hall–Kier alpha value is -1.23. The predicted molar refractivity (Wildman–Crippen MR) is 67.3 cm³/mol. The van der Waals surface area contributed by atoms with Crippen molar-refractivity contribution in [2.75, 3.05) is 24.6 Å². The maximum absolute atomic E-state index is 11.7. The summed E-state index contributed by atoms with van der Waals surface area (Å²) in [6.45, 7) is 5.47. The van der Waals surface area contributed by atoms with E-state index in [0.29, 0.717) is 11.4 Å². The van der Waals surface area contributed by atoms with Gasteiger partial charge in [-0.1, -0.05) is 11.8 Å². The number of nitrogens with two attached hydrogens (primary N) is 1. The minimum atomic E-state index is 0.147. The molecule has 1 amide bonds. The second-order valence-corrected chi connectivity index (χ2v) is 4.28. The van der Waals surface area contributed by atoms with Crippen LogP contribution < -0.4 is 5.73 Å². The quantitative estimate of drug-likeness (QED) is 0.793. The zero-order chi connectivity index (χ0) is 12.0. The average Bonchev–Trinajstić information content (AvgIpc) is 2.30. The van der Waals surface area contributed by atoms with Gasteiger partial charge in [0.1, 0.15) is 0 Å². The van der Waals surface area contributed by atoms with Gasteiger partial charge in [-0.15, -0.1) is 0 Å². The number of nitrogens with zero attached hydrogens (tertiary/aromatic N) is 2. The number of aromatic nitrogens is 1. The highest BCUT2D eigenvalue weighted by Gasteiger charge is 2.09. The molecular formula is C11H17N3OS. The van der Waals surface area contributed by atoms with E-state index in [1.54, 1.807) is 12.3 Å². The fourth-order valence-corrected chi connectivity index (χ4v) is 2.03. The van der Waals surface area contributed by atoms with Gasteiger partial charge in [0, 0.05) is 13.1 Å². The maximum Gasteiger partial charge on any atom is 0.232 e. The first-order valence-electron chi connectivity index (χ1n) is 5.29. The summed E-state index contributed by atoms with van der Waals surface area (Å²) in [7, 11) is 0. The Morgan fingerprint density at radius 2 is 2.12 bits per heavy atom. The van der Waals surface area contributed by atoms with E-state index in [1.165, 1.54) is 11.8 Å². The second kappa shape index (κ2) is 6.37. The molecule has 0 aromatic carbocycles. The Morgan fingerprint density at radius 1 is 1.44 bits per heavy atom. The minimum absolute atomic E-state index is 0.147. The summed E-state index contributed by atoms with van der Waals surface area (Å²) in [6, 6.07) is 3.62. The molecule has 1 heterocycles. The molecule has 0 fully saturated rings. The molecule has 0 bridgehead atoms. The third kappa shape index (κ3) is 3.73. The molecular weight excluding hydrogens is 222 g/mol. The van der Waals surface area contributed by atoms with Crippen LogP contribution in [0.25, 0.3) is 0 Å². The van der Waals surface area contributed by atoms with Crippen LogP contribution in [-0.4, -0.2) is 34.6 Å². The van der Waals surface area contributed by atoms with Crippen molar-refractivity contribution in [3.8, 4) is 0 Å². The second-order valence-electron chi connectivity index (χ2n) is 3.28. The van der Waals surface area contributed by atoms with E-state index in [-0.39, 0.29) is 5.91 Å². The highest BCUT2D eigenvalue weighted by Crippen LogP contribution is 2.16. The van der Waals surface area contributed by atoms with Crippen LogP contribution in [0.1, 0.15) is 13.8 Å². The van der Waals surface area contributed by atoms with Crippen molar-refractivity contribution in [1.82, 2.24) is 9.88 Å². The van der Waals surface area contributed by atoms with Crippen molar-refractivity contribution in [3.63, 3.8) is 0 Å². The summed E-state index contributed by atoms with van der Waals surface area (Å²) in [5.41, 5.74) is 6.17. The van der Waals surface area contributed by atoms with E-state index in [2.05, 4.69) is 4.98 Å². The molecule has 2 N–H and O–H groups in total.